The van der Waals surface area contributed by atoms with Gasteiger partial charge >= 0.3 is 0 Å². The average Bonchev–Trinajstić information content (AvgIpc) is 2.81. The number of carbonyl (C=O) groups is 2. The van der Waals surface area contributed by atoms with Gasteiger partial charge in [-0.2, -0.15) is 0 Å². The first-order valence-electron chi connectivity index (χ1n) is 10.9. The lowest BCUT2D eigenvalue weighted by molar-refractivity contribution is 0.0533. The summed E-state index contributed by atoms with van der Waals surface area (Å²) in [5, 5.41) is 9.95. The molecular formula is C24H30N2O6. The maximum Gasteiger partial charge on any atom is 0.257 e. The summed E-state index contributed by atoms with van der Waals surface area (Å²) in [6.07, 6.45) is 0. The van der Waals surface area contributed by atoms with E-state index in [1.54, 1.807) is 40.1 Å². The summed E-state index contributed by atoms with van der Waals surface area (Å²) in [6.45, 7) is 8.45. The normalized spacial score (nSPS) is 13.6. The van der Waals surface area contributed by atoms with Crippen LogP contribution >= 0.6 is 0 Å². The number of hydrogen-bond acceptors (Lipinski definition) is 6. The molecule has 0 bridgehead atoms. The van der Waals surface area contributed by atoms with E-state index in [0.717, 1.165) is 0 Å². The van der Waals surface area contributed by atoms with E-state index in [-0.39, 0.29) is 23.1 Å². The van der Waals surface area contributed by atoms with Gasteiger partial charge in [0.25, 0.3) is 11.8 Å². The lowest BCUT2D eigenvalue weighted by Gasteiger charge is -2.35. The number of carbonyl (C=O) groups excluding carboxylic acids is 2. The van der Waals surface area contributed by atoms with Crippen LogP contribution in [0.15, 0.2) is 36.4 Å². The Kier molecular flexibility index (Phi) is 7.81. The van der Waals surface area contributed by atoms with Crippen molar-refractivity contribution in [2.24, 2.45) is 0 Å². The molecule has 2 amide bonds. The molecule has 8 heteroatoms. The lowest BCUT2D eigenvalue weighted by atomic mass is 10.1. The number of para-hydroxylation sites is 1. The number of piperazine rings is 1. The molecule has 1 aliphatic rings. The summed E-state index contributed by atoms with van der Waals surface area (Å²) in [6, 6.07) is 9.83. The summed E-state index contributed by atoms with van der Waals surface area (Å²) in [4.78, 5) is 29.3. The maximum absolute atomic E-state index is 13.2. The molecule has 2 aromatic carbocycles. The summed E-state index contributed by atoms with van der Waals surface area (Å²) in [7, 11) is 0. The van der Waals surface area contributed by atoms with Crippen LogP contribution in [0.4, 0.5) is 0 Å². The fraction of sp³-hybridized carbons (Fsp3) is 0.417. The smallest absolute Gasteiger partial charge is 0.257 e. The topological polar surface area (TPSA) is 88.5 Å². The molecule has 0 aromatic heterocycles. The van der Waals surface area contributed by atoms with Crippen LogP contribution in [-0.2, 0) is 0 Å². The van der Waals surface area contributed by atoms with Crippen LogP contribution in [0.2, 0.25) is 0 Å². The summed E-state index contributed by atoms with van der Waals surface area (Å²) in [5.74, 6) is 0.982. The molecule has 1 aliphatic heterocycles. The van der Waals surface area contributed by atoms with E-state index in [0.29, 0.717) is 68.8 Å². The van der Waals surface area contributed by atoms with Gasteiger partial charge in [-0.3, -0.25) is 9.59 Å². The Morgan fingerprint density at radius 3 is 1.81 bits per heavy atom. The largest absolute Gasteiger partial charge is 0.507 e. The molecule has 0 spiro atoms. The Hall–Kier alpha value is -3.42. The molecule has 2 aromatic rings. The number of hydrogen-bond donors (Lipinski definition) is 1. The first-order valence-corrected chi connectivity index (χ1v) is 10.9. The predicted molar refractivity (Wildman–Crippen MR) is 120 cm³/mol. The number of ether oxygens (including phenoxy) is 3. The highest BCUT2D eigenvalue weighted by Gasteiger charge is 2.28. The Morgan fingerprint density at radius 1 is 0.812 bits per heavy atom. The van der Waals surface area contributed by atoms with Crippen LogP contribution < -0.4 is 14.2 Å². The quantitative estimate of drug-likeness (QED) is 0.676. The van der Waals surface area contributed by atoms with Gasteiger partial charge in [0.15, 0.2) is 11.5 Å². The lowest BCUT2D eigenvalue weighted by Crippen LogP contribution is -2.50. The van der Waals surface area contributed by atoms with Crippen molar-refractivity contribution in [1.29, 1.82) is 0 Å². The van der Waals surface area contributed by atoms with Crippen LogP contribution in [0.1, 0.15) is 41.5 Å². The Balaban J connectivity index is 1.75. The van der Waals surface area contributed by atoms with E-state index >= 15 is 0 Å². The van der Waals surface area contributed by atoms with Crippen molar-refractivity contribution in [3.8, 4) is 23.0 Å². The van der Waals surface area contributed by atoms with Crippen LogP contribution in [0, 0.1) is 0 Å². The van der Waals surface area contributed by atoms with E-state index in [9.17, 15) is 14.7 Å². The first kappa shape index (κ1) is 23.2. The van der Waals surface area contributed by atoms with Crippen LogP contribution in [0.5, 0.6) is 23.0 Å². The van der Waals surface area contributed by atoms with Gasteiger partial charge in [0.2, 0.25) is 5.75 Å². The molecule has 1 fully saturated rings. The SMILES string of the molecule is CCOc1cc(C(=O)N2CCN(C(=O)c3ccccc3O)CC2)cc(OCC)c1OCC. The van der Waals surface area contributed by atoms with Crippen molar-refractivity contribution in [2.45, 2.75) is 20.8 Å². The van der Waals surface area contributed by atoms with Crippen molar-refractivity contribution in [3.05, 3.63) is 47.5 Å². The van der Waals surface area contributed by atoms with E-state index in [4.69, 9.17) is 14.2 Å². The maximum atomic E-state index is 13.2. The fourth-order valence-corrected chi connectivity index (χ4v) is 3.63. The van der Waals surface area contributed by atoms with E-state index in [2.05, 4.69) is 0 Å². The molecule has 0 unspecified atom stereocenters. The number of rotatable bonds is 8. The predicted octanol–water partition coefficient (Wildman–Crippen LogP) is 3.19. The van der Waals surface area contributed by atoms with Crippen molar-refractivity contribution < 1.29 is 28.9 Å². The van der Waals surface area contributed by atoms with E-state index in [1.165, 1.54) is 6.07 Å². The molecule has 3 rings (SSSR count). The molecule has 32 heavy (non-hydrogen) atoms. The van der Waals surface area contributed by atoms with E-state index in [1.807, 2.05) is 20.8 Å². The van der Waals surface area contributed by atoms with Gasteiger partial charge in [0.05, 0.1) is 25.4 Å². The molecule has 0 aliphatic carbocycles. The zero-order valence-corrected chi connectivity index (χ0v) is 18.8. The highest BCUT2D eigenvalue weighted by molar-refractivity contribution is 5.98. The fourth-order valence-electron chi connectivity index (χ4n) is 3.63. The van der Waals surface area contributed by atoms with Crippen molar-refractivity contribution >= 4 is 11.8 Å². The van der Waals surface area contributed by atoms with Gasteiger partial charge in [-0.05, 0) is 45.0 Å². The summed E-state index contributed by atoms with van der Waals surface area (Å²) >= 11 is 0. The number of amides is 2. The second-order valence-corrected chi connectivity index (χ2v) is 7.20. The van der Waals surface area contributed by atoms with Gasteiger partial charge in [-0.15, -0.1) is 0 Å². The standard InChI is InChI=1S/C24H30N2O6/c1-4-30-20-15-17(16-21(31-5-2)22(20)32-6-3)23(28)25-11-13-26(14-12-25)24(29)18-9-7-8-10-19(18)27/h7-10,15-16,27H,4-6,11-14H2,1-3H3. The average molecular weight is 443 g/mol. The third-order valence-electron chi connectivity index (χ3n) is 5.14. The molecule has 1 saturated heterocycles. The van der Waals surface area contributed by atoms with Gasteiger partial charge < -0.3 is 29.1 Å². The Bertz CT molecular complexity index is 926. The monoisotopic (exact) mass is 442 g/mol. The molecule has 172 valence electrons. The number of phenolic OH excluding ortho intramolecular Hbond substituents is 1. The van der Waals surface area contributed by atoms with Gasteiger partial charge in [-0.25, -0.2) is 0 Å². The highest BCUT2D eigenvalue weighted by Crippen LogP contribution is 2.39. The zero-order chi connectivity index (χ0) is 23.1. The van der Waals surface area contributed by atoms with Crippen molar-refractivity contribution in [3.63, 3.8) is 0 Å². The summed E-state index contributed by atoms with van der Waals surface area (Å²) < 4.78 is 17.1. The minimum atomic E-state index is -0.242. The molecule has 1 N–H and O–H groups in total. The first-order chi connectivity index (χ1) is 15.5. The van der Waals surface area contributed by atoms with Gasteiger partial charge in [-0.1, -0.05) is 12.1 Å². The number of nitrogens with zero attached hydrogens (tertiary/aromatic N) is 2. The Morgan fingerprint density at radius 2 is 1.31 bits per heavy atom. The second-order valence-electron chi connectivity index (χ2n) is 7.20. The van der Waals surface area contributed by atoms with Gasteiger partial charge in [0.1, 0.15) is 5.75 Å². The number of phenols is 1. The summed E-state index contributed by atoms with van der Waals surface area (Å²) in [5.41, 5.74) is 0.710. The zero-order valence-electron chi connectivity index (χ0n) is 18.8. The van der Waals surface area contributed by atoms with Crippen LogP contribution in [0.25, 0.3) is 0 Å². The minimum absolute atomic E-state index is 0.0442. The highest BCUT2D eigenvalue weighted by atomic mass is 16.5. The molecule has 1 heterocycles. The van der Waals surface area contributed by atoms with Crippen molar-refractivity contribution in [2.75, 3.05) is 46.0 Å². The molecular weight excluding hydrogens is 412 g/mol. The van der Waals surface area contributed by atoms with Crippen LogP contribution in [0.3, 0.4) is 0 Å². The third kappa shape index (κ3) is 5.07. The van der Waals surface area contributed by atoms with Crippen LogP contribution in [-0.4, -0.2) is 72.7 Å². The minimum Gasteiger partial charge on any atom is -0.507 e. The second kappa shape index (κ2) is 10.7. The van der Waals surface area contributed by atoms with E-state index < -0.39 is 0 Å². The number of benzene rings is 2. The molecule has 0 radical (unpaired) electrons. The number of aromatic hydroxyl groups is 1. The third-order valence-corrected chi connectivity index (χ3v) is 5.14. The Labute approximate surface area is 188 Å². The molecule has 0 atom stereocenters. The van der Waals surface area contributed by atoms with Crippen molar-refractivity contribution in [1.82, 2.24) is 9.80 Å². The molecule has 0 saturated carbocycles. The molecule has 8 nitrogen and oxygen atoms in total. The van der Waals surface area contributed by atoms with Gasteiger partial charge in [0, 0.05) is 31.7 Å².